The summed E-state index contributed by atoms with van der Waals surface area (Å²) in [6.45, 7) is 7.99. The highest BCUT2D eigenvalue weighted by atomic mass is 79.9. The Kier molecular flexibility index (Phi) is 7.49. The zero-order chi connectivity index (χ0) is 19.2. The number of piperidine rings is 1. The SMILES string of the molecule is CN=C(NCC1CCCN(C)C1)N1CCN(Cc2ccc(Br)c(F)c2)CC1. The molecule has 3 rings (SSSR count). The van der Waals surface area contributed by atoms with Crippen molar-refractivity contribution in [3.63, 3.8) is 0 Å². The number of guanidine groups is 1. The Morgan fingerprint density at radius 1 is 1.26 bits per heavy atom. The van der Waals surface area contributed by atoms with Crippen molar-refractivity contribution in [3.8, 4) is 0 Å². The molecule has 0 aromatic heterocycles. The quantitative estimate of drug-likeness (QED) is 0.577. The van der Waals surface area contributed by atoms with Crippen LogP contribution in [-0.2, 0) is 6.54 Å². The summed E-state index contributed by atoms with van der Waals surface area (Å²) in [5, 5.41) is 3.58. The first-order chi connectivity index (χ1) is 13.0. The summed E-state index contributed by atoms with van der Waals surface area (Å²) < 4.78 is 14.2. The molecule has 0 amide bonds. The fourth-order valence-electron chi connectivity index (χ4n) is 4.02. The Hall–Kier alpha value is -1.18. The zero-order valence-corrected chi connectivity index (χ0v) is 18.0. The van der Waals surface area contributed by atoms with Gasteiger partial charge in [-0.3, -0.25) is 9.89 Å². The molecule has 2 saturated heterocycles. The predicted molar refractivity (Wildman–Crippen MR) is 113 cm³/mol. The van der Waals surface area contributed by atoms with Crippen molar-refractivity contribution in [2.75, 3.05) is 59.9 Å². The van der Waals surface area contributed by atoms with E-state index in [1.54, 1.807) is 12.1 Å². The maximum absolute atomic E-state index is 13.7. The highest BCUT2D eigenvalue weighted by Crippen LogP contribution is 2.18. The van der Waals surface area contributed by atoms with Gasteiger partial charge >= 0.3 is 0 Å². The van der Waals surface area contributed by atoms with Crippen LogP contribution in [0.15, 0.2) is 27.7 Å². The van der Waals surface area contributed by atoms with E-state index < -0.39 is 0 Å². The molecule has 2 fully saturated rings. The van der Waals surface area contributed by atoms with Gasteiger partial charge in [-0.2, -0.15) is 0 Å². The topological polar surface area (TPSA) is 34.1 Å². The maximum atomic E-state index is 13.7. The third kappa shape index (κ3) is 5.90. The lowest BCUT2D eigenvalue weighted by Gasteiger charge is -2.37. The molecule has 2 aliphatic heterocycles. The summed E-state index contributed by atoms with van der Waals surface area (Å²) in [7, 11) is 4.07. The van der Waals surface area contributed by atoms with Crippen LogP contribution in [0.5, 0.6) is 0 Å². The Labute approximate surface area is 170 Å². The van der Waals surface area contributed by atoms with Crippen molar-refractivity contribution in [2.45, 2.75) is 19.4 Å². The molecular weight excluding hydrogens is 409 g/mol. The molecule has 5 nitrogen and oxygen atoms in total. The van der Waals surface area contributed by atoms with E-state index in [9.17, 15) is 4.39 Å². The highest BCUT2D eigenvalue weighted by molar-refractivity contribution is 9.10. The number of piperazine rings is 1. The summed E-state index contributed by atoms with van der Waals surface area (Å²) in [5.74, 6) is 1.52. The number of rotatable bonds is 4. The number of likely N-dealkylation sites (tertiary alicyclic amines) is 1. The average Bonchev–Trinajstić information content (AvgIpc) is 2.66. The van der Waals surface area contributed by atoms with Gasteiger partial charge in [0.1, 0.15) is 5.82 Å². The van der Waals surface area contributed by atoms with Gasteiger partial charge in [0.25, 0.3) is 0 Å². The molecule has 1 unspecified atom stereocenters. The van der Waals surface area contributed by atoms with Crippen LogP contribution in [-0.4, -0.2) is 80.6 Å². The van der Waals surface area contributed by atoms with E-state index in [0.29, 0.717) is 10.4 Å². The van der Waals surface area contributed by atoms with Gasteiger partial charge in [0.2, 0.25) is 0 Å². The third-order valence-electron chi connectivity index (χ3n) is 5.54. The minimum absolute atomic E-state index is 0.191. The summed E-state index contributed by atoms with van der Waals surface area (Å²) in [6.07, 6.45) is 2.59. The Bertz CT molecular complexity index is 645. The van der Waals surface area contributed by atoms with Crippen molar-refractivity contribution in [3.05, 3.63) is 34.1 Å². The number of benzene rings is 1. The van der Waals surface area contributed by atoms with Gasteiger partial charge in [-0.05, 0) is 66.0 Å². The molecule has 2 heterocycles. The van der Waals surface area contributed by atoms with E-state index in [1.807, 2.05) is 13.1 Å². The molecule has 150 valence electrons. The molecule has 1 atom stereocenters. The molecular formula is C20H31BrFN5. The van der Waals surface area contributed by atoms with Crippen LogP contribution < -0.4 is 5.32 Å². The molecule has 1 N–H and O–H groups in total. The van der Waals surface area contributed by atoms with E-state index in [4.69, 9.17) is 0 Å². The number of hydrogen-bond acceptors (Lipinski definition) is 3. The minimum Gasteiger partial charge on any atom is -0.356 e. The van der Waals surface area contributed by atoms with Crippen molar-refractivity contribution in [1.82, 2.24) is 20.0 Å². The van der Waals surface area contributed by atoms with Crippen LogP contribution in [0, 0.1) is 11.7 Å². The van der Waals surface area contributed by atoms with Crippen LogP contribution in [0.3, 0.4) is 0 Å². The number of aliphatic imine (C=N–C) groups is 1. The van der Waals surface area contributed by atoms with Crippen molar-refractivity contribution in [2.24, 2.45) is 10.9 Å². The largest absolute Gasteiger partial charge is 0.356 e. The zero-order valence-electron chi connectivity index (χ0n) is 16.4. The summed E-state index contributed by atoms with van der Waals surface area (Å²) >= 11 is 3.21. The second-order valence-corrected chi connectivity index (χ2v) is 8.56. The number of nitrogens with one attached hydrogen (secondary N) is 1. The molecule has 1 aromatic rings. The van der Waals surface area contributed by atoms with Gasteiger partial charge in [-0.1, -0.05) is 6.07 Å². The minimum atomic E-state index is -0.191. The lowest BCUT2D eigenvalue weighted by Crippen LogP contribution is -2.53. The van der Waals surface area contributed by atoms with Crippen molar-refractivity contribution in [1.29, 1.82) is 0 Å². The van der Waals surface area contributed by atoms with E-state index in [1.165, 1.54) is 25.9 Å². The van der Waals surface area contributed by atoms with Crippen LogP contribution >= 0.6 is 15.9 Å². The third-order valence-corrected chi connectivity index (χ3v) is 6.19. The first kappa shape index (κ1) is 20.6. The Morgan fingerprint density at radius 2 is 2.04 bits per heavy atom. The van der Waals surface area contributed by atoms with E-state index >= 15 is 0 Å². The van der Waals surface area contributed by atoms with Crippen molar-refractivity contribution >= 4 is 21.9 Å². The first-order valence-corrected chi connectivity index (χ1v) is 10.6. The monoisotopic (exact) mass is 439 g/mol. The lowest BCUT2D eigenvalue weighted by atomic mass is 9.98. The maximum Gasteiger partial charge on any atom is 0.193 e. The number of hydrogen-bond donors (Lipinski definition) is 1. The van der Waals surface area contributed by atoms with Gasteiger partial charge in [-0.25, -0.2) is 4.39 Å². The fraction of sp³-hybridized carbons (Fsp3) is 0.650. The van der Waals surface area contributed by atoms with Gasteiger partial charge in [0.05, 0.1) is 4.47 Å². The van der Waals surface area contributed by atoms with Crippen LogP contribution in [0.2, 0.25) is 0 Å². The Morgan fingerprint density at radius 3 is 2.70 bits per heavy atom. The number of nitrogens with zero attached hydrogens (tertiary/aromatic N) is 4. The predicted octanol–water partition coefficient (Wildman–Crippen LogP) is 2.62. The molecule has 0 spiro atoms. The summed E-state index contributed by atoms with van der Waals surface area (Å²) in [5.41, 5.74) is 1.02. The van der Waals surface area contributed by atoms with E-state index in [2.05, 4.69) is 48.0 Å². The van der Waals surface area contributed by atoms with Crippen LogP contribution in [0.25, 0.3) is 0 Å². The van der Waals surface area contributed by atoms with Gasteiger partial charge in [0.15, 0.2) is 5.96 Å². The number of halogens is 2. The standard InChI is InChI=1S/C20H31BrFN5/c1-23-20(24-13-17-4-3-7-25(2)14-17)27-10-8-26(9-11-27)15-16-5-6-18(21)19(22)12-16/h5-6,12,17H,3-4,7-11,13-15H2,1-2H3,(H,23,24). The van der Waals surface area contributed by atoms with E-state index in [-0.39, 0.29) is 5.82 Å². The molecule has 0 aliphatic carbocycles. The summed E-state index contributed by atoms with van der Waals surface area (Å²) in [4.78, 5) is 11.6. The molecule has 7 heteroatoms. The molecule has 27 heavy (non-hydrogen) atoms. The molecule has 0 radical (unpaired) electrons. The average molecular weight is 440 g/mol. The highest BCUT2D eigenvalue weighted by Gasteiger charge is 2.22. The second kappa shape index (κ2) is 9.85. The molecule has 0 bridgehead atoms. The molecule has 0 saturated carbocycles. The van der Waals surface area contributed by atoms with Gasteiger partial charge < -0.3 is 15.1 Å². The van der Waals surface area contributed by atoms with E-state index in [0.717, 1.165) is 50.8 Å². The van der Waals surface area contributed by atoms with Crippen LogP contribution in [0.4, 0.5) is 4.39 Å². The smallest absolute Gasteiger partial charge is 0.193 e. The molecule has 2 aliphatic rings. The second-order valence-electron chi connectivity index (χ2n) is 7.71. The summed E-state index contributed by atoms with van der Waals surface area (Å²) in [6, 6.07) is 5.40. The lowest BCUT2D eigenvalue weighted by molar-refractivity contribution is 0.170. The first-order valence-electron chi connectivity index (χ1n) is 9.85. The van der Waals surface area contributed by atoms with Crippen molar-refractivity contribution < 1.29 is 4.39 Å². The normalized spacial score (nSPS) is 22.9. The van der Waals surface area contributed by atoms with Gasteiger partial charge in [-0.15, -0.1) is 0 Å². The Balaban J connectivity index is 1.44. The fourth-order valence-corrected chi connectivity index (χ4v) is 4.27. The van der Waals surface area contributed by atoms with Gasteiger partial charge in [0, 0.05) is 52.9 Å². The molecule has 1 aromatic carbocycles. The van der Waals surface area contributed by atoms with Crippen LogP contribution in [0.1, 0.15) is 18.4 Å².